The number of aromatic nitrogens is 1. The van der Waals surface area contributed by atoms with Crippen LogP contribution in [0.5, 0.6) is 0 Å². The molecule has 0 aliphatic rings. The SMILES string of the molecule is CCCCCCCCCCCCn1sc2ccccc2c1=O. The molecule has 0 atom stereocenters. The largest absolute Gasteiger partial charge is 0.268 e. The van der Waals surface area contributed by atoms with E-state index in [1.54, 1.807) is 11.5 Å². The summed E-state index contributed by atoms with van der Waals surface area (Å²) in [4.78, 5) is 12.2. The zero-order valence-electron chi connectivity index (χ0n) is 13.9. The topological polar surface area (TPSA) is 22.0 Å². The van der Waals surface area contributed by atoms with Crippen molar-refractivity contribution in [2.24, 2.45) is 0 Å². The Kier molecular flexibility index (Phi) is 7.72. The van der Waals surface area contributed by atoms with E-state index in [1.807, 2.05) is 28.2 Å². The van der Waals surface area contributed by atoms with E-state index in [1.165, 1.54) is 57.8 Å². The molecule has 2 rings (SSSR count). The van der Waals surface area contributed by atoms with E-state index >= 15 is 0 Å². The van der Waals surface area contributed by atoms with Crippen LogP contribution < -0.4 is 5.56 Å². The molecule has 0 radical (unpaired) electrons. The van der Waals surface area contributed by atoms with Gasteiger partial charge in [-0.05, 0) is 18.6 Å². The van der Waals surface area contributed by atoms with Crippen LogP contribution in [0.2, 0.25) is 0 Å². The first-order chi connectivity index (χ1) is 10.8. The smallest absolute Gasteiger partial charge is 0.268 e. The van der Waals surface area contributed by atoms with Gasteiger partial charge in [0.25, 0.3) is 5.56 Å². The number of benzene rings is 1. The number of hydrogen-bond acceptors (Lipinski definition) is 2. The molecular formula is C19H29NOS. The molecule has 0 N–H and O–H groups in total. The van der Waals surface area contributed by atoms with E-state index in [2.05, 4.69) is 6.92 Å². The molecule has 22 heavy (non-hydrogen) atoms. The molecule has 0 saturated carbocycles. The first-order valence-electron chi connectivity index (χ1n) is 8.92. The lowest BCUT2D eigenvalue weighted by atomic mass is 10.1. The van der Waals surface area contributed by atoms with Gasteiger partial charge in [-0.3, -0.25) is 8.75 Å². The summed E-state index contributed by atoms with van der Waals surface area (Å²) in [6.45, 7) is 3.15. The lowest BCUT2D eigenvalue weighted by Gasteiger charge is -2.02. The van der Waals surface area contributed by atoms with Crippen LogP contribution in [-0.4, -0.2) is 3.96 Å². The first kappa shape index (κ1) is 17.3. The van der Waals surface area contributed by atoms with Gasteiger partial charge in [-0.2, -0.15) is 0 Å². The maximum absolute atomic E-state index is 12.2. The number of fused-ring (bicyclic) bond motifs is 1. The Labute approximate surface area is 138 Å². The standard InChI is InChI=1S/C19H29NOS/c1-2-3-4-5-6-7-8-9-10-13-16-20-19(21)17-14-11-12-15-18(17)22-20/h11-12,14-15H,2-10,13,16H2,1H3. The zero-order chi connectivity index (χ0) is 15.6. The van der Waals surface area contributed by atoms with Crippen molar-refractivity contribution in [1.82, 2.24) is 3.96 Å². The number of hydrogen-bond donors (Lipinski definition) is 0. The van der Waals surface area contributed by atoms with Crippen molar-refractivity contribution >= 4 is 21.6 Å². The van der Waals surface area contributed by atoms with Gasteiger partial charge in [0.15, 0.2) is 0 Å². The highest BCUT2D eigenvalue weighted by molar-refractivity contribution is 7.13. The summed E-state index contributed by atoms with van der Waals surface area (Å²) < 4.78 is 3.04. The average molecular weight is 320 g/mol. The van der Waals surface area contributed by atoms with Crippen LogP contribution in [-0.2, 0) is 6.54 Å². The van der Waals surface area contributed by atoms with Gasteiger partial charge in [0.2, 0.25) is 0 Å². The van der Waals surface area contributed by atoms with E-state index in [4.69, 9.17) is 0 Å². The molecule has 2 aromatic rings. The molecule has 3 heteroatoms. The third kappa shape index (κ3) is 5.28. The third-order valence-corrected chi connectivity index (χ3v) is 5.39. The second-order valence-corrected chi connectivity index (χ2v) is 7.24. The molecule has 0 spiro atoms. The second-order valence-electron chi connectivity index (χ2n) is 6.18. The van der Waals surface area contributed by atoms with E-state index in [0.29, 0.717) is 0 Å². The van der Waals surface area contributed by atoms with Gasteiger partial charge in [0, 0.05) is 6.54 Å². The van der Waals surface area contributed by atoms with Crippen molar-refractivity contribution in [1.29, 1.82) is 0 Å². The third-order valence-electron chi connectivity index (χ3n) is 4.27. The molecule has 0 aliphatic heterocycles. The quantitative estimate of drug-likeness (QED) is 0.467. The van der Waals surface area contributed by atoms with E-state index < -0.39 is 0 Å². The van der Waals surface area contributed by atoms with E-state index in [9.17, 15) is 4.79 Å². The first-order valence-corrected chi connectivity index (χ1v) is 9.69. The molecule has 122 valence electrons. The summed E-state index contributed by atoms with van der Waals surface area (Å²) in [5.41, 5.74) is 0.191. The predicted molar refractivity (Wildman–Crippen MR) is 97.9 cm³/mol. The Morgan fingerprint density at radius 3 is 2.09 bits per heavy atom. The summed E-state index contributed by atoms with van der Waals surface area (Å²) in [5.74, 6) is 0. The van der Waals surface area contributed by atoms with Crippen molar-refractivity contribution in [3.8, 4) is 0 Å². The Bertz CT molecular complexity index is 599. The number of rotatable bonds is 11. The Morgan fingerprint density at radius 1 is 0.864 bits per heavy atom. The van der Waals surface area contributed by atoms with Crippen molar-refractivity contribution in [2.75, 3.05) is 0 Å². The molecular weight excluding hydrogens is 290 g/mol. The number of aryl methyl sites for hydroxylation is 1. The summed E-state index contributed by atoms with van der Waals surface area (Å²) >= 11 is 1.61. The molecule has 0 amide bonds. The maximum Gasteiger partial charge on any atom is 0.268 e. The lowest BCUT2D eigenvalue weighted by Crippen LogP contribution is -2.12. The van der Waals surface area contributed by atoms with Gasteiger partial charge in [0.05, 0.1) is 10.1 Å². The van der Waals surface area contributed by atoms with Gasteiger partial charge in [-0.15, -0.1) is 0 Å². The van der Waals surface area contributed by atoms with E-state index in [0.717, 1.165) is 23.1 Å². The fraction of sp³-hybridized carbons (Fsp3) is 0.632. The highest BCUT2D eigenvalue weighted by Gasteiger charge is 2.05. The van der Waals surface area contributed by atoms with Crippen molar-refractivity contribution in [2.45, 2.75) is 77.7 Å². The van der Waals surface area contributed by atoms with Crippen molar-refractivity contribution in [3.63, 3.8) is 0 Å². The summed E-state index contributed by atoms with van der Waals surface area (Å²) in [5, 5.41) is 0.875. The molecule has 2 nitrogen and oxygen atoms in total. The zero-order valence-corrected chi connectivity index (χ0v) is 14.7. The van der Waals surface area contributed by atoms with Crippen LogP contribution in [0.3, 0.4) is 0 Å². The Hall–Kier alpha value is -1.09. The van der Waals surface area contributed by atoms with E-state index in [-0.39, 0.29) is 5.56 Å². The maximum atomic E-state index is 12.2. The Morgan fingerprint density at radius 2 is 1.45 bits per heavy atom. The predicted octanol–water partition coefficient (Wildman–Crippen LogP) is 5.98. The molecule has 0 bridgehead atoms. The highest BCUT2D eigenvalue weighted by Crippen LogP contribution is 2.17. The molecule has 1 heterocycles. The van der Waals surface area contributed by atoms with Crippen LogP contribution in [0.25, 0.3) is 10.1 Å². The molecule has 0 fully saturated rings. The monoisotopic (exact) mass is 319 g/mol. The Balaban J connectivity index is 1.58. The molecule has 0 aliphatic carbocycles. The molecule has 0 saturated heterocycles. The van der Waals surface area contributed by atoms with Crippen LogP contribution in [0, 0.1) is 0 Å². The number of unbranched alkanes of at least 4 members (excludes halogenated alkanes) is 9. The van der Waals surface area contributed by atoms with Gasteiger partial charge in [-0.25, -0.2) is 0 Å². The minimum atomic E-state index is 0.191. The lowest BCUT2D eigenvalue weighted by molar-refractivity contribution is 0.540. The summed E-state index contributed by atoms with van der Waals surface area (Å²) in [6, 6.07) is 7.92. The van der Waals surface area contributed by atoms with Crippen LogP contribution in [0.15, 0.2) is 29.1 Å². The van der Waals surface area contributed by atoms with Gasteiger partial charge in [-0.1, -0.05) is 88.4 Å². The minimum Gasteiger partial charge on any atom is -0.268 e. The number of nitrogens with zero attached hydrogens (tertiary/aromatic N) is 1. The summed E-state index contributed by atoms with van der Waals surface area (Å²) in [6.07, 6.45) is 13.4. The second kappa shape index (κ2) is 9.83. The van der Waals surface area contributed by atoms with Crippen LogP contribution in [0.1, 0.15) is 71.1 Å². The highest BCUT2D eigenvalue weighted by atomic mass is 32.1. The molecule has 0 unspecified atom stereocenters. The molecule has 1 aromatic carbocycles. The summed E-state index contributed by atoms with van der Waals surface area (Å²) in [7, 11) is 0. The minimum absolute atomic E-state index is 0.191. The fourth-order valence-corrected chi connectivity index (χ4v) is 3.94. The van der Waals surface area contributed by atoms with Crippen molar-refractivity contribution < 1.29 is 0 Å². The van der Waals surface area contributed by atoms with Gasteiger partial charge in [0.1, 0.15) is 0 Å². The molecule has 1 aromatic heterocycles. The van der Waals surface area contributed by atoms with Crippen LogP contribution in [0.4, 0.5) is 0 Å². The van der Waals surface area contributed by atoms with Crippen molar-refractivity contribution in [3.05, 3.63) is 34.6 Å². The van der Waals surface area contributed by atoms with Crippen LogP contribution >= 0.6 is 11.5 Å². The van der Waals surface area contributed by atoms with Gasteiger partial charge < -0.3 is 0 Å². The van der Waals surface area contributed by atoms with Gasteiger partial charge >= 0.3 is 0 Å². The average Bonchev–Trinajstić information content (AvgIpc) is 2.86. The normalized spacial score (nSPS) is 11.3. The fourth-order valence-electron chi connectivity index (χ4n) is 2.91.